The molecule has 1 aliphatic heterocycles. The first-order valence-electron chi connectivity index (χ1n) is 7.67. The van der Waals surface area contributed by atoms with Crippen LogP contribution in [0.5, 0.6) is 0 Å². The highest BCUT2D eigenvalue weighted by Gasteiger charge is 2.33. The van der Waals surface area contributed by atoms with Gasteiger partial charge in [-0.3, -0.25) is 9.69 Å². The van der Waals surface area contributed by atoms with Crippen molar-refractivity contribution in [3.05, 3.63) is 0 Å². The Morgan fingerprint density at radius 1 is 1.37 bits per heavy atom. The molecule has 0 radical (unpaired) electrons. The SMILES string of the molecule is CC1CCCN(C(=O)CN(C)CC2(O)CCCC2)C1. The zero-order valence-electron chi connectivity index (χ0n) is 12.4. The van der Waals surface area contributed by atoms with Crippen LogP contribution in [0.25, 0.3) is 0 Å². The van der Waals surface area contributed by atoms with Gasteiger partial charge in [-0.05, 0) is 38.6 Å². The molecule has 1 saturated carbocycles. The van der Waals surface area contributed by atoms with Crippen molar-refractivity contribution in [3.8, 4) is 0 Å². The van der Waals surface area contributed by atoms with Gasteiger partial charge in [-0.1, -0.05) is 19.8 Å². The fraction of sp³-hybridized carbons (Fsp3) is 0.933. The molecule has 1 unspecified atom stereocenters. The number of piperidine rings is 1. The van der Waals surface area contributed by atoms with Crippen molar-refractivity contribution in [1.29, 1.82) is 0 Å². The molecule has 1 aliphatic carbocycles. The molecule has 0 spiro atoms. The first-order valence-corrected chi connectivity index (χ1v) is 7.67. The summed E-state index contributed by atoms with van der Waals surface area (Å²) in [6.45, 7) is 5.08. The zero-order chi connectivity index (χ0) is 13.9. The molecule has 110 valence electrons. The van der Waals surface area contributed by atoms with Crippen LogP contribution in [0.15, 0.2) is 0 Å². The summed E-state index contributed by atoms with van der Waals surface area (Å²) in [5.41, 5.74) is -0.551. The maximum Gasteiger partial charge on any atom is 0.236 e. The summed E-state index contributed by atoms with van der Waals surface area (Å²) in [6.07, 6.45) is 6.35. The van der Waals surface area contributed by atoms with Gasteiger partial charge in [-0.15, -0.1) is 0 Å². The predicted octanol–water partition coefficient (Wildman–Crippen LogP) is 1.48. The van der Waals surface area contributed by atoms with E-state index in [4.69, 9.17) is 0 Å². The van der Waals surface area contributed by atoms with E-state index in [2.05, 4.69) is 6.92 Å². The molecule has 1 heterocycles. The summed E-state index contributed by atoms with van der Waals surface area (Å²) in [6, 6.07) is 0. The van der Waals surface area contributed by atoms with Crippen LogP contribution in [-0.4, -0.2) is 59.6 Å². The Hall–Kier alpha value is -0.610. The van der Waals surface area contributed by atoms with Gasteiger partial charge in [-0.25, -0.2) is 0 Å². The number of hydrogen-bond donors (Lipinski definition) is 1. The Morgan fingerprint density at radius 3 is 2.68 bits per heavy atom. The molecule has 2 aliphatic rings. The number of likely N-dealkylation sites (tertiary alicyclic amines) is 1. The Kier molecular flexibility index (Phi) is 4.85. The fourth-order valence-electron chi connectivity index (χ4n) is 3.50. The second-order valence-corrected chi connectivity index (χ2v) is 6.69. The highest BCUT2D eigenvalue weighted by molar-refractivity contribution is 5.78. The van der Waals surface area contributed by atoms with Gasteiger partial charge in [0.05, 0.1) is 12.1 Å². The van der Waals surface area contributed by atoms with Crippen molar-refractivity contribution < 1.29 is 9.90 Å². The second kappa shape index (κ2) is 6.23. The van der Waals surface area contributed by atoms with Crippen LogP contribution in [0, 0.1) is 5.92 Å². The molecule has 0 aromatic carbocycles. The minimum atomic E-state index is -0.551. The maximum atomic E-state index is 12.2. The standard InChI is InChI=1S/C15H28N2O2/c1-13-6-5-9-17(10-13)14(18)11-16(2)12-15(19)7-3-4-8-15/h13,19H,3-12H2,1-2H3. The quantitative estimate of drug-likeness (QED) is 0.840. The number of nitrogens with zero attached hydrogens (tertiary/aromatic N) is 2. The maximum absolute atomic E-state index is 12.2. The summed E-state index contributed by atoms with van der Waals surface area (Å²) in [7, 11) is 1.95. The van der Waals surface area contributed by atoms with E-state index >= 15 is 0 Å². The highest BCUT2D eigenvalue weighted by Crippen LogP contribution is 2.29. The molecule has 0 aromatic heterocycles. The molecule has 2 rings (SSSR count). The Morgan fingerprint density at radius 2 is 2.05 bits per heavy atom. The van der Waals surface area contributed by atoms with Crippen molar-refractivity contribution in [2.24, 2.45) is 5.92 Å². The van der Waals surface area contributed by atoms with Crippen LogP contribution in [0.4, 0.5) is 0 Å². The van der Waals surface area contributed by atoms with Crippen molar-refractivity contribution in [2.45, 2.75) is 51.0 Å². The zero-order valence-corrected chi connectivity index (χ0v) is 12.4. The molecule has 1 amide bonds. The summed E-state index contributed by atoms with van der Waals surface area (Å²) in [4.78, 5) is 16.2. The Labute approximate surface area is 116 Å². The third kappa shape index (κ3) is 4.18. The number of hydrogen-bond acceptors (Lipinski definition) is 3. The van der Waals surface area contributed by atoms with Gasteiger partial charge in [0.25, 0.3) is 0 Å². The van der Waals surface area contributed by atoms with E-state index in [1.165, 1.54) is 6.42 Å². The fourth-order valence-corrected chi connectivity index (χ4v) is 3.50. The van der Waals surface area contributed by atoms with Crippen LogP contribution < -0.4 is 0 Å². The number of carbonyl (C=O) groups excluding carboxylic acids is 1. The molecule has 1 N–H and O–H groups in total. The minimum absolute atomic E-state index is 0.218. The van der Waals surface area contributed by atoms with Crippen molar-refractivity contribution in [1.82, 2.24) is 9.80 Å². The number of carbonyl (C=O) groups is 1. The summed E-state index contributed by atoms with van der Waals surface area (Å²) < 4.78 is 0. The van der Waals surface area contributed by atoms with E-state index in [1.807, 2.05) is 16.8 Å². The van der Waals surface area contributed by atoms with Crippen LogP contribution in [0.3, 0.4) is 0 Å². The smallest absolute Gasteiger partial charge is 0.236 e. The predicted molar refractivity (Wildman–Crippen MR) is 75.9 cm³/mol. The van der Waals surface area contributed by atoms with Gasteiger partial charge >= 0.3 is 0 Å². The molecule has 0 bridgehead atoms. The summed E-state index contributed by atoms with van der Waals surface area (Å²) >= 11 is 0. The molecule has 2 fully saturated rings. The minimum Gasteiger partial charge on any atom is -0.389 e. The number of rotatable bonds is 4. The molecule has 19 heavy (non-hydrogen) atoms. The molecule has 1 saturated heterocycles. The van der Waals surface area contributed by atoms with Gasteiger partial charge in [0.1, 0.15) is 0 Å². The van der Waals surface area contributed by atoms with E-state index in [-0.39, 0.29) is 5.91 Å². The monoisotopic (exact) mass is 268 g/mol. The highest BCUT2D eigenvalue weighted by atomic mass is 16.3. The van der Waals surface area contributed by atoms with Gasteiger partial charge in [0.15, 0.2) is 0 Å². The third-order valence-electron chi connectivity index (χ3n) is 4.51. The average molecular weight is 268 g/mol. The van der Waals surface area contributed by atoms with Gasteiger partial charge in [0, 0.05) is 19.6 Å². The summed E-state index contributed by atoms with van der Waals surface area (Å²) in [5.74, 6) is 0.845. The first-order chi connectivity index (χ1) is 8.98. The largest absolute Gasteiger partial charge is 0.389 e. The number of likely N-dealkylation sites (N-methyl/N-ethyl adjacent to an activating group) is 1. The Bertz CT molecular complexity index is 313. The van der Waals surface area contributed by atoms with Crippen LogP contribution in [-0.2, 0) is 4.79 Å². The lowest BCUT2D eigenvalue weighted by molar-refractivity contribution is -0.134. The molecule has 1 atom stereocenters. The lowest BCUT2D eigenvalue weighted by Gasteiger charge is -2.33. The van der Waals surface area contributed by atoms with E-state index in [1.54, 1.807) is 0 Å². The van der Waals surface area contributed by atoms with Crippen molar-refractivity contribution >= 4 is 5.91 Å². The van der Waals surface area contributed by atoms with Crippen molar-refractivity contribution in [2.75, 3.05) is 33.2 Å². The molecular formula is C15H28N2O2. The van der Waals surface area contributed by atoms with E-state index in [0.717, 1.165) is 45.2 Å². The molecule has 4 heteroatoms. The van der Waals surface area contributed by atoms with Crippen LogP contribution in [0.1, 0.15) is 45.4 Å². The third-order valence-corrected chi connectivity index (χ3v) is 4.51. The number of aliphatic hydroxyl groups is 1. The first kappa shape index (κ1) is 14.8. The van der Waals surface area contributed by atoms with E-state index in [0.29, 0.717) is 19.0 Å². The second-order valence-electron chi connectivity index (χ2n) is 6.69. The van der Waals surface area contributed by atoms with E-state index in [9.17, 15) is 9.90 Å². The van der Waals surface area contributed by atoms with Crippen LogP contribution in [0.2, 0.25) is 0 Å². The summed E-state index contributed by atoms with van der Waals surface area (Å²) in [5, 5.41) is 10.4. The lowest BCUT2D eigenvalue weighted by Crippen LogP contribution is -2.47. The van der Waals surface area contributed by atoms with Gasteiger partial charge in [0.2, 0.25) is 5.91 Å². The van der Waals surface area contributed by atoms with E-state index < -0.39 is 5.60 Å². The van der Waals surface area contributed by atoms with Crippen LogP contribution >= 0.6 is 0 Å². The van der Waals surface area contributed by atoms with Gasteiger partial charge in [-0.2, -0.15) is 0 Å². The topological polar surface area (TPSA) is 43.8 Å². The number of amides is 1. The molecule has 0 aromatic rings. The molecular weight excluding hydrogens is 240 g/mol. The average Bonchev–Trinajstić information content (AvgIpc) is 2.75. The van der Waals surface area contributed by atoms with Gasteiger partial charge < -0.3 is 10.0 Å². The Balaban J connectivity index is 1.78. The normalized spacial score (nSPS) is 26.9. The molecule has 4 nitrogen and oxygen atoms in total. The van der Waals surface area contributed by atoms with Crippen molar-refractivity contribution in [3.63, 3.8) is 0 Å². The lowest BCUT2D eigenvalue weighted by atomic mass is 10.00.